The summed E-state index contributed by atoms with van der Waals surface area (Å²) in [6.45, 7) is 4.85. The number of halogens is 1. The van der Waals surface area contributed by atoms with Gasteiger partial charge in [-0.25, -0.2) is 0 Å². The van der Waals surface area contributed by atoms with Gasteiger partial charge in [-0.1, -0.05) is 18.0 Å². The molecule has 1 aromatic carbocycles. The van der Waals surface area contributed by atoms with Crippen LogP contribution in [0.25, 0.3) is 0 Å². The first kappa shape index (κ1) is 18.1. The van der Waals surface area contributed by atoms with E-state index in [1.807, 2.05) is 12.1 Å². The van der Waals surface area contributed by atoms with Crippen LogP contribution in [0.5, 0.6) is 5.75 Å². The van der Waals surface area contributed by atoms with Crippen LogP contribution in [0.15, 0.2) is 24.3 Å². The average molecular weight is 339 g/mol. The molecule has 0 aliphatic carbocycles. The second-order valence-electron chi connectivity index (χ2n) is 6.01. The van der Waals surface area contributed by atoms with E-state index in [1.165, 1.54) is 32.4 Å². The maximum atomic E-state index is 11.8. The van der Waals surface area contributed by atoms with Crippen molar-refractivity contribution >= 4 is 17.5 Å². The van der Waals surface area contributed by atoms with Crippen LogP contribution in [-0.4, -0.2) is 43.6 Å². The third-order valence-corrected chi connectivity index (χ3v) is 4.30. The lowest BCUT2D eigenvalue weighted by Crippen LogP contribution is -2.33. The molecule has 0 aromatic heterocycles. The number of benzene rings is 1. The van der Waals surface area contributed by atoms with E-state index in [2.05, 4.69) is 10.2 Å². The molecule has 1 heterocycles. The van der Waals surface area contributed by atoms with E-state index >= 15 is 0 Å². The van der Waals surface area contributed by atoms with Crippen LogP contribution in [-0.2, 0) is 4.79 Å². The Balaban J connectivity index is 1.46. The van der Waals surface area contributed by atoms with E-state index in [0.717, 1.165) is 31.7 Å². The minimum atomic E-state index is 0.114. The van der Waals surface area contributed by atoms with Gasteiger partial charge in [0.1, 0.15) is 5.75 Å². The van der Waals surface area contributed by atoms with Gasteiger partial charge in [0.2, 0.25) is 5.91 Å². The smallest absolute Gasteiger partial charge is 0.220 e. The lowest BCUT2D eigenvalue weighted by atomic mass is 10.1. The summed E-state index contributed by atoms with van der Waals surface area (Å²) in [5.74, 6) is 0.902. The second-order valence-corrected chi connectivity index (χ2v) is 6.45. The van der Waals surface area contributed by atoms with Crippen molar-refractivity contribution in [2.24, 2.45) is 0 Å². The maximum Gasteiger partial charge on any atom is 0.220 e. The summed E-state index contributed by atoms with van der Waals surface area (Å²) in [6, 6.07) is 7.27. The summed E-state index contributed by atoms with van der Waals surface area (Å²) in [7, 11) is 0. The molecule has 1 aromatic rings. The van der Waals surface area contributed by atoms with Gasteiger partial charge >= 0.3 is 0 Å². The van der Waals surface area contributed by atoms with E-state index in [9.17, 15) is 4.79 Å². The number of nitrogens with zero attached hydrogens (tertiary/aromatic N) is 1. The van der Waals surface area contributed by atoms with E-state index in [-0.39, 0.29) is 5.91 Å². The molecule has 128 valence electrons. The Labute approximate surface area is 144 Å². The Bertz CT molecular complexity index is 459. The van der Waals surface area contributed by atoms with Gasteiger partial charge in [-0.05, 0) is 69.6 Å². The highest BCUT2D eigenvalue weighted by molar-refractivity contribution is 6.30. The normalized spacial score (nSPS) is 15.3. The zero-order valence-corrected chi connectivity index (χ0v) is 14.5. The summed E-state index contributed by atoms with van der Waals surface area (Å²) >= 11 is 5.81. The zero-order valence-electron chi connectivity index (χ0n) is 13.7. The summed E-state index contributed by atoms with van der Waals surface area (Å²) in [5, 5.41) is 3.69. The van der Waals surface area contributed by atoms with Crippen molar-refractivity contribution in [1.29, 1.82) is 0 Å². The number of rotatable bonds is 9. The van der Waals surface area contributed by atoms with Crippen molar-refractivity contribution in [2.75, 3.05) is 32.8 Å². The van der Waals surface area contributed by atoms with Crippen molar-refractivity contribution in [1.82, 2.24) is 10.2 Å². The molecule has 0 saturated carbocycles. The number of piperidine rings is 1. The van der Waals surface area contributed by atoms with Crippen molar-refractivity contribution in [3.8, 4) is 5.75 Å². The standard InChI is InChI=1S/C18H27ClN2O2/c19-16-7-9-17(10-8-16)23-15-4-6-18(22)20-11-5-14-21-12-2-1-3-13-21/h7-10H,1-6,11-15H2,(H,20,22). The summed E-state index contributed by atoms with van der Waals surface area (Å²) in [6.07, 6.45) is 6.27. The van der Waals surface area contributed by atoms with E-state index < -0.39 is 0 Å². The van der Waals surface area contributed by atoms with Crippen molar-refractivity contribution in [3.05, 3.63) is 29.3 Å². The number of nitrogens with one attached hydrogen (secondary N) is 1. The minimum Gasteiger partial charge on any atom is -0.494 e. The lowest BCUT2D eigenvalue weighted by Gasteiger charge is -2.26. The quantitative estimate of drug-likeness (QED) is 0.701. The molecule has 1 amide bonds. The molecule has 5 heteroatoms. The molecule has 1 fully saturated rings. The molecule has 1 saturated heterocycles. The fourth-order valence-corrected chi connectivity index (χ4v) is 2.88. The van der Waals surface area contributed by atoms with Crippen LogP contribution in [0, 0.1) is 0 Å². The van der Waals surface area contributed by atoms with Crippen LogP contribution in [0.2, 0.25) is 5.02 Å². The summed E-state index contributed by atoms with van der Waals surface area (Å²) < 4.78 is 5.57. The van der Waals surface area contributed by atoms with Gasteiger partial charge in [-0.2, -0.15) is 0 Å². The van der Waals surface area contributed by atoms with Crippen LogP contribution < -0.4 is 10.1 Å². The lowest BCUT2D eigenvalue weighted by molar-refractivity contribution is -0.121. The van der Waals surface area contributed by atoms with Crippen LogP contribution in [0.4, 0.5) is 0 Å². The molecule has 1 aliphatic rings. The second kappa shape index (κ2) is 10.5. The largest absolute Gasteiger partial charge is 0.494 e. The first-order valence-electron chi connectivity index (χ1n) is 8.61. The molecular formula is C18H27ClN2O2. The van der Waals surface area contributed by atoms with Crippen molar-refractivity contribution < 1.29 is 9.53 Å². The highest BCUT2D eigenvalue weighted by Crippen LogP contribution is 2.15. The first-order chi connectivity index (χ1) is 11.2. The predicted octanol–water partition coefficient (Wildman–Crippen LogP) is 3.49. The molecule has 4 nitrogen and oxygen atoms in total. The molecule has 0 radical (unpaired) electrons. The molecule has 1 N–H and O–H groups in total. The Morgan fingerprint density at radius 1 is 1.13 bits per heavy atom. The number of likely N-dealkylation sites (tertiary alicyclic amines) is 1. The van der Waals surface area contributed by atoms with Gasteiger partial charge in [0.25, 0.3) is 0 Å². The minimum absolute atomic E-state index is 0.114. The van der Waals surface area contributed by atoms with Crippen LogP contribution in [0.1, 0.15) is 38.5 Å². The molecule has 0 unspecified atom stereocenters. The summed E-state index contributed by atoms with van der Waals surface area (Å²) in [5.41, 5.74) is 0. The topological polar surface area (TPSA) is 41.6 Å². The van der Waals surface area contributed by atoms with Gasteiger partial charge in [0.15, 0.2) is 0 Å². The SMILES string of the molecule is O=C(CCCOc1ccc(Cl)cc1)NCCCN1CCCCC1. The van der Waals surface area contributed by atoms with Crippen molar-refractivity contribution in [2.45, 2.75) is 38.5 Å². The van der Waals surface area contributed by atoms with Gasteiger partial charge in [-0.15, -0.1) is 0 Å². The third-order valence-electron chi connectivity index (χ3n) is 4.05. The van der Waals surface area contributed by atoms with Gasteiger partial charge in [-0.3, -0.25) is 4.79 Å². The first-order valence-corrected chi connectivity index (χ1v) is 8.99. The highest BCUT2D eigenvalue weighted by Gasteiger charge is 2.09. The third kappa shape index (κ3) is 7.71. The predicted molar refractivity (Wildman–Crippen MR) is 94.1 cm³/mol. The number of carbonyl (C=O) groups excluding carboxylic acids is 1. The number of carbonyl (C=O) groups is 1. The Kier molecular flexibility index (Phi) is 8.26. The van der Waals surface area contributed by atoms with Gasteiger partial charge in [0, 0.05) is 18.0 Å². The average Bonchev–Trinajstić information content (AvgIpc) is 2.58. The van der Waals surface area contributed by atoms with E-state index in [4.69, 9.17) is 16.3 Å². The molecule has 0 spiro atoms. The highest BCUT2D eigenvalue weighted by atomic mass is 35.5. The van der Waals surface area contributed by atoms with Gasteiger partial charge in [0.05, 0.1) is 6.61 Å². The zero-order chi connectivity index (χ0) is 16.3. The summed E-state index contributed by atoms with van der Waals surface area (Å²) in [4.78, 5) is 14.2. The molecule has 0 bridgehead atoms. The molecule has 23 heavy (non-hydrogen) atoms. The monoisotopic (exact) mass is 338 g/mol. The fourth-order valence-electron chi connectivity index (χ4n) is 2.76. The Morgan fingerprint density at radius 3 is 2.61 bits per heavy atom. The number of hydrogen-bond acceptors (Lipinski definition) is 3. The van der Waals surface area contributed by atoms with Crippen LogP contribution in [0.3, 0.4) is 0 Å². The van der Waals surface area contributed by atoms with Gasteiger partial charge < -0.3 is 15.0 Å². The molecular weight excluding hydrogens is 312 g/mol. The Morgan fingerprint density at radius 2 is 1.87 bits per heavy atom. The molecule has 2 rings (SSSR count). The molecule has 0 atom stereocenters. The molecule has 1 aliphatic heterocycles. The van der Waals surface area contributed by atoms with Crippen LogP contribution >= 0.6 is 11.6 Å². The van der Waals surface area contributed by atoms with Crippen molar-refractivity contribution in [3.63, 3.8) is 0 Å². The Hall–Kier alpha value is -1.26. The number of ether oxygens (including phenoxy) is 1. The number of hydrogen-bond donors (Lipinski definition) is 1. The number of amides is 1. The van der Waals surface area contributed by atoms with E-state index in [1.54, 1.807) is 12.1 Å². The maximum absolute atomic E-state index is 11.8. The fraction of sp³-hybridized carbons (Fsp3) is 0.611. The van der Waals surface area contributed by atoms with E-state index in [0.29, 0.717) is 18.1 Å².